The van der Waals surface area contributed by atoms with Crippen molar-refractivity contribution in [2.45, 2.75) is 20.4 Å². The van der Waals surface area contributed by atoms with E-state index in [-0.39, 0.29) is 18.4 Å². The third-order valence-corrected chi connectivity index (χ3v) is 7.09. The Hall–Kier alpha value is -4.50. The molecule has 0 aliphatic carbocycles. The minimum atomic E-state index is -0.212. The Labute approximate surface area is 224 Å². The van der Waals surface area contributed by atoms with Crippen molar-refractivity contribution in [2.75, 3.05) is 12.5 Å². The molecule has 1 saturated heterocycles. The van der Waals surface area contributed by atoms with E-state index in [0.29, 0.717) is 27.1 Å². The molecular formula is C29H26N4O4S. The van der Waals surface area contributed by atoms with Gasteiger partial charge < -0.3 is 9.15 Å². The summed E-state index contributed by atoms with van der Waals surface area (Å²) in [6, 6.07) is 21.9. The van der Waals surface area contributed by atoms with Crippen molar-refractivity contribution >= 4 is 40.5 Å². The highest BCUT2D eigenvalue weighted by Gasteiger charge is 2.34. The summed E-state index contributed by atoms with van der Waals surface area (Å²) >= 11 is 1.30. The monoisotopic (exact) mass is 526 g/mol. The molecule has 2 amide bonds. The van der Waals surface area contributed by atoms with Crippen LogP contribution in [0.15, 0.2) is 93.4 Å². The van der Waals surface area contributed by atoms with Gasteiger partial charge in [0.1, 0.15) is 11.5 Å². The number of ether oxygens (including phenoxy) is 1. The molecule has 0 radical (unpaired) electrons. The summed E-state index contributed by atoms with van der Waals surface area (Å²) in [6.45, 7) is 4.07. The molecule has 4 aromatic rings. The summed E-state index contributed by atoms with van der Waals surface area (Å²) in [7, 11) is 1.61. The first-order valence-corrected chi connectivity index (χ1v) is 12.8. The van der Waals surface area contributed by atoms with Gasteiger partial charge in [-0.25, -0.2) is 4.99 Å². The minimum absolute atomic E-state index is 0.170. The van der Waals surface area contributed by atoms with E-state index in [1.807, 2.05) is 74.5 Å². The maximum absolute atomic E-state index is 13.5. The molecule has 2 aromatic carbocycles. The summed E-state index contributed by atoms with van der Waals surface area (Å²) in [6.07, 6.45) is 3.42. The van der Waals surface area contributed by atoms with Crippen molar-refractivity contribution in [3.05, 3.63) is 112 Å². The third kappa shape index (κ3) is 5.28. The molecule has 1 fully saturated rings. The molecule has 1 N–H and O–H groups in total. The van der Waals surface area contributed by atoms with Crippen LogP contribution in [0.1, 0.15) is 33.1 Å². The molecule has 9 heteroatoms. The van der Waals surface area contributed by atoms with E-state index in [1.165, 1.54) is 11.8 Å². The molecule has 0 bridgehead atoms. The first-order valence-electron chi connectivity index (χ1n) is 11.9. The van der Waals surface area contributed by atoms with Crippen molar-refractivity contribution in [1.29, 1.82) is 0 Å². The number of amidine groups is 1. The van der Waals surface area contributed by atoms with Gasteiger partial charge in [0, 0.05) is 17.0 Å². The van der Waals surface area contributed by atoms with Gasteiger partial charge in [-0.2, -0.15) is 0 Å². The van der Waals surface area contributed by atoms with E-state index in [2.05, 4.69) is 5.43 Å². The SMILES string of the molecule is COc1ccc(N=C2S/C(=C\c3cc(C)n(NC(=O)c4ccccc4)c3C)C(=O)N2Cc2ccco2)cc1. The van der Waals surface area contributed by atoms with Crippen LogP contribution >= 0.6 is 11.8 Å². The largest absolute Gasteiger partial charge is 0.497 e. The van der Waals surface area contributed by atoms with Crippen molar-refractivity contribution in [1.82, 2.24) is 9.58 Å². The molecule has 8 nitrogen and oxygen atoms in total. The van der Waals surface area contributed by atoms with Crippen LogP contribution in [0.4, 0.5) is 5.69 Å². The van der Waals surface area contributed by atoms with Crippen molar-refractivity contribution in [2.24, 2.45) is 4.99 Å². The smallest absolute Gasteiger partial charge is 0.270 e. The van der Waals surface area contributed by atoms with Gasteiger partial charge in [0.05, 0.1) is 30.5 Å². The lowest BCUT2D eigenvalue weighted by molar-refractivity contribution is -0.122. The highest BCUT2D eigenvalue weighted by molar-refractivity contribution is 8.18. The molecule has 0 unspecified atom stereocenters. The molecular weight excluding hydrogens is 500 g/mol. The van der Waals surface area contributed by atoms with Gasteiger partial charge in [-0.1, -0.05) is 18.2 Å². The maximum atomic E-state index is 13.5. The number of methoxy groups -OCH3 is 1. The number of rotatable bonds is 7. The lowest BCUT2D eigenvalue weighted by atomic mass is 10.2. The van der Waals surface area contributed by atoms with E-state index in [0.717, 1.165) is 22.7 Å². The molecule has 38 heavy (non-hydrogen) atoms. The summed E-state index contributed by atoms with van der Waals surface area (Å²) in [4.78, 5) is 33.1. The van der Waals surface area contributed by atoms with Crippen LogP contribution in [-0.2, 0) is 11.3 Å². The number of carbonyl (C=O) groups excluding carboxylic acids is 2. The Kier molecular flexibility index (Phi) is 7.19. The van der Waals surface area contributed by atoms with Gasteiger partial charge in [-0.15, -0.1) is 0 Å². The fourth-order valence-corrected chi connectivity index (χ4v) is 5.05. The van der Waals surface area contributed by atoms with E-state index >= 15 is 0 Å². The second kappa shape index (κ2) is 10.9. The number of aliphatic imine (C=N–C) groups is 1. The lowest BCUT2D eigenvalue weighted by Crippen LogP contribution is -2.28. The van der Waals surface area contributed by atoms with Gasteiger partial charge in [0.25, 0.3) is 11.8 Å². The number of hydrogen-bond donors (Lipinski definition) is 1. The number of aryl methyl sites for hydroxylation is 1. The lowest BCUT2D eigenvalue weighted by Gasteiger charge is -2.14. The average molecular weight is 527 g/mol. The van der Waals surface area contributed by atoms with Crippen molar-refractivity contribution in [3.8, 4) is 5.75 Å². The van der Waals surface area contributed by atoms with E-state index < -0.39 is 0 Å². The predicted molar refractivity (Wildman–Crippen MR) is 149 cm³/mol. The zero-order valence-electron chi connectivity index (χ0n) is 21.2. The van der Waals surface area contributed by atoms with Crippen LogP contribution in [-0.4, -0.2) is 33.7 Å². The second-order valence-corrected chi connectivity index (χ2v) is 9.65. The fourth-order valence-electron chi connectivity index (χ4n) is 4.06. The normalized spacial score (nSPS) is 15.4. The first kappa shape index (κ1) is 25.2. The van der Waals surface area contributed by atoms with Crippen molar-refractivity contribution < 1.29 is 18.7 Å². The number of furan rings is 1. The van der Waals surface area contributed by atoms with Gasteiger partial charge in [0.2, 0.25) is 0 Å². The molecule has 1 aliphatic heterocycles. The Bertz CT molecular complexity index is 1520. The van der Waals surface area contributed by atoms with Crippen LogP contribution in [0.2, 0.25) is 0 Å². The zero-order valence-corrected chi connectivity index (χ0v) is 22.0. The predicted octanol–water partition coefficient (Wildman–Crippen LogP) is 5.89. The number of hydrogen-bond acceptors (Lipinski definition) is 6. The number of benzene rings is 2. The van der Waals surface area contributed by atoms with E-state index in [1.54, 1.807) is 41.1 Å². The van der Waals surface area contributed by atoms with E-state index in [9.17, 15) is 9.59 Å². The van der Waals surface area contributed by atoms with E-state index in [4.69, 9.17) is 14.1 Å². The Morgan fingerprint density at radius 2 is 1.84 bits per heavy atom. The van der Waals surface area contributed by atoms with Gasteiger partial charge in [-0.05, 0) is 91.8 Å². The molecule has 2 aromatic heterocycles. The number of carbonyl (C=O) groups is 2. The summed E-state index contributed by atoms with van der Waals surface area (Å²) in [5.41, 5.74) is 6.69. The Morgan fingerprint density at radius 1 is 1.08 bits per heavy atom. The standard InChI is InChI=1S/C29H26N4O4S/c1-19-16-22(20(2)33(19)31-27(34)21-8-5-4-6-9-21)17-26-28(35)32(18-25-10-7-15-37-25)29(38-26)30-23-11-13-24(36-3)14-12-23/h4-17H,18H2,1-3H3,(H,31,34)/b26-17-,30-29?. The number of aromatic nitrogens is 1. The molecule has 0 atom stereocenters. The average Bonchev–Trinajstić information content (AvgIpc) is 3.62. The van der Waals surface area contributed by atoms with Crippen molar-refractivity contribution in [3.63, 3.8) is 0 Å². The fraction of sp³-hybridized carbons (Fsp3) is 0.138. The highest BCUT2D eigenvalue weighted by atomic mass is 32.2. The molecule has 1 aliphatic rings. The topological polar surface area (TPSA) is 89.1 Å². The first-order chi connectivity index (χ1) is 18.4. The van der Waals surface area contributed by atoms with Gasteiger partial charge in [-0.3, -0.25) is 24.6 Å². The highest BCUT2D eigenvalue weighted by Crippen LogP contribution is 2.36. The van der Waals surface area contributed by atoms with Gasteiger partial charge >= 0.3 is 0 Å². The van der Waals surface area contributed by atoms with Crippen LogP contribution < -0.4 is 10.2 Å². The molecule has 192 valence electrons. The van der Waals surface area contributed by atoms with Crippen LogP contribution in [0, 0.1) is 13.8 Å². The zero-order chi connectivity index (χ0) is 26.6. The molecule has 5 rings (SSSR count). The molecule has 0 saturated carbocycles. The van der Waals surface area contributed by atoms with Gasteiger partial charge in [0.15, 0.2) is 5.17 Å². The minimum Gasteiger partial charge on any atom is -0.497 e. The quantitative estimate of drug-likeness (QED) is 0.303. The van der Waals surface area contributed by atoms with Crippen LogP contribution in [0.25, 0.3) is 6.08 Å². The number of thioether (sulfide) groups is 1. The Morgan fingerprint density at radius 3 is 2.53 bits per heavy atom. The molecule has 0 spiro atoms. The summed E-state index contributed by atoms with van der Waals surface area (Å²) in [5, 5.41) is 0.550. The number of amides is 2. The summed E-state index contributed by atoms with van der Waals surface area (Å²) in [5.74, 6) is 1.00. The maximum Gasteiger partial charge on any atom is 0.270 e. The third-order valence-electron chi connectivity index (χ3n) is 6.09. The summed E-state index contributed by atoms with van der Waals surface area (Å²) < 4.78 is 12.5. The number of nitrogens with one attached hydrogen (secondary N) is 1. The van der Waals surface area contributed by atoms with Crippen LogP contribution in [0.3, 0.4) is 0 Å². The molecule has 3 heterocycles. The second-order valence-electron chi connectivity index (χ2n) is 8.64. The number of nitrogens with zero attached hydrogens (tertiary/aromatic N) is 3. The van der Waals surface area contributed by atoms with Crippen LogP contribution in [0.5, 0.6) is 5.75 Å². The Balaban J connectivity index is 1.45.